The van der Waals surface area contributed by atoms with Gasteiger partial charge in [-0.1, -0.05) is 29.0 Å². The van der Waals surface area contributed by atoms with Crippen LogP contribution in [0.1, 0.15) is 10.4 Å². The van der Waals surface area contributed by atoms with Crippen molar-refractivity contribution in [1.82, 2.24) is 4.98 Å². The molecule has 0 fully saturated rings. The molecule has 1 amide bonds. The molecule has 0 aliphatic rings. The van der Waals surface area contributed by atoms with E-state index in [4.69, 9.17) is 21.3 Å². The van der Waals surface area contributed by atoms with E-state index in [1.54, 1.807) is 42.7 Å². The SMILES string of the molecule is COc1ccc(-c2nc(-c3cccs3)c(NC(=O)c3ccc(Cl)cc3)s2)cc1. The summed E-state index contributed by atoms with van der Waals surface area (Å²) in [6, 6.07) is 18.5. The number of thiophene rings is 1. The predicted octanol–water partition coefficient (Wildman–Crippen LogP) is 6.45. The highest BCUT2D eigenvalue weighted by molar-refractivity contribution is 7.20. The van der Waals surface area contributed by atoms with Crippen LogP contribution in [0.3, 0.4) is 0 Å². The van der Waals surface area contributed by atoms with Gasteiger partial charge in [0.2, 0.25) is 0 Å². The number of anilines is 1. The van der Waals surface area contributed by atoms with Gasteiger partial charge >= 0.3 is 0 Å². The van der Waals surface area contributed by atoms with Crippen molar-refractivity contribution in [1.29, 1.82) is 0 Å². The molecule has 0 aliphatic carbocycles. The Bertz CT molecular complexity index is 1090. The number of thiazole rings is 1. The minimum Gasteiger partial charge on any atom is -0.497 e. The van der Waals surface area contributed by atoms with E-state index < -0.39 is 0 Å². The first kappa shape index (κ1) is 18.7. The van der Waals surface area contributed by atoms with Crippen LogP contribution in [0, 0.1) is 0 Å². The molecule has 2 heterocycles. The molecule has 4 aromatic rings. The minimum absolute atomic E-state index is 0.195. The van der Waals surface area contributed by atoms with Gasteiger partial charge in [-0.05, 0) is 60.0 Å². The number of carbonyl (C=O) groups is 1. The number of nitrogens with zero attached hydrogens (tertiary/aromatic N) is 1. The Balaban J connectivity index is 1.69. The van der Waals surface area contributed by atoms with E-state index in [-0.39, 0.29) is 5.91 Å². The molecule has 4 nitrogen and oxygen atoms in total. The molecule has 4 rings (SSSR count). The Morgan fingerprint density at radius 3 is 2.46 bits per heavy atom. The van der Waals surface area contributed by atoms with E-state index in [2.05, 4.69) is 5.32 Å². The summed E-state index contributed by atoms with van der Waals surface area (Å²) in [6.45, 7) is 0. The summed E-state index contributed by atoms with van der Waals surface area (Å²) < 4.78 is 5.22. The van der Waals surface area contributed by atoms with Crippen LogP contribution >= 0.6 is 34.3 Å². The molecular formula is C21H15ClN2O2S2. The van der Waals surface area contributed by atoms with Crippen LogP contribution in [0.5, 0.6) is 5.75 Å². The van der Waals surface area contributed by atoms with Gasteiger partial charge in [0.05, 0.1) is 12.0 Å². The minimum atomic E-state index is -0.195. The van der Waals surface area contributed by atoms with E-state index in [1.807, 2.05) is 41.8 Å². The summed E-state index contributed by atoms with van der Waals surface area (Å²) in [5, 5.41) is 7.14. The van der Waals surface area contributed by atoms with Crippen molar-refractivity contribution < 1.29 is 9.53 Å². The number of methoxy groups -OCH3 is 1. The second-order valence-corrected chi connectivity index (χ2v) is 8.25. The first-order valence-corrected chi connectivity index (χ1v) is 10.5. The molecule has 0 saturated carbocycles. The second-order valence-electron chi connectivity index (χ2n) is 5.86. The van der Waals surface area contributed by atoms with Crippen molar-refractivity contribution in [3.05, 3.63) is 76.6 Å². The number of benzene rings is 2. The van der Waals surface area contributed by atoms with Gasteiger partial charge in [-0.15, -0.1) is 11.3 Å². The molecule has 0 atom stereocenters. The number of rotatable bonds is 5. The lowest BCUT2D eigenvalue weighted by Gasteiger charge is -2.04. The standard InChI is InChI=1S/C21H15ClN2O2S2/c1-26-16-10-6-14(7-11-16)20-23-18(17-3-2-12-27-17)21(28-20)24-19(25)13-4-8-15(22)9-5-13/h2-12H,1H3,(H,24,25). The van der Waals surface area contributed by atoms with Crippen molar-refractivity contribution >= 4 is 45.2 Å². The van der Waals surface area contributed by atoms with Crippen LogP contribution in [0.25, 0.3) is 21.1 Å². The highest BCUT2D eigenvalue weighted by Gasteiger charge is 2.18. The molecule has 0 bridgehead atoms. The van der Waals surface area contributed by atoms with Gasteiger partial charge in [0.25, 0.3) is 5.91 Å². The van der Waals surface area contributed by atoms with Crippen LogP contribution in [-0.2, 0) is 0 Å². The van der Waals surface area contributed by atoms with Gasteiger partial charge < -0.3 is 10.1 Å². The lowest BCUT2D eigenvalue weighted by molar-refractivity contribution is 0.102. The molecule has 0 radical (unpaired) electrons. The molecule has 140 valence electrons. The summed E-state index contributed by atoms with van der Waals surface area (Å²) >= 11 is 8.95. The van der Waals surface area contributed by atoms with Gasteiger partial charge in [0, 0.05) is 16.1 Å². The fourth-order valence-electron chi connectivity index (χ4n) is 2.62. The number of hydrogen-bond acceptors (Lipinski definition) is 5. The maximum absolute atomic E-state index is 12.7. The third-order valence-corrected chi connectivity index (χ3v) is 6.20. The summed E-state index contributed by atoms with van der Waals surface area (Å²) in [5.74, 6) is 0.592. The Morgan fingerprint density at radius 2 is 1.82 bits per heavy atom. The number of amides is 1. The molecule has 7 heteroatoms. The van der Waals surface area contributed by atoms with E-state index in [0.717, 1.165) is 26.9 Å². The number of hydrogen-bond donors (Lipinski definition) is 1. The zero-order valence-corrected chi connectivity index (χ0v) is 17.2. The van der Waals surface area contributed by atoms with Crippen LogP contribution in [-0.4, -0.2) is 18.0 Å². The number of halogens is 1. The predicted molar refractivity (Wildman–Crippen MR) is 117 cm³/mol. The Hall–Kier alpha value is -2.67. The molecular weight excluding hydrogens is 412 g/mol. The monoisotopic (exact) mass is 426 g/mol. The van der Waals surface area contributed by atoms with Crippen LogP contribution in [0.4, 0.5) is 5.00 Å². The van der Waals surface area contributed by atoms with Gasteiger partial charge in [0.15, 0.2) is 0 Å². The second kappa shape index (κ2) is 8.14. The van der Waals surface area contributed by atoms with E-state index >= 15 is 0 Å². The maximum atomic E-state index is 12.7. The zero-order valence-electron chi connectivity index (χ0n) is 14.8. The molecule has 0 spiro atoms. The van der Waals surface area contributed by atoms with Crippen LogP contribution in [0.15, 0.2) is 66.0 Å². The smallest absolute Gasteiger partial charge is 0.256 e. The van der Waals surface area contributed by atoms with Crippen molar-refractivity contribution in [3.63, 3.8) is 0 Å². The third kappa shape index (κ3) is 3.94. The van der Waals surface area contributed by atoms with Crippen molar-refractivity contribution in [2.45, 2.75) is 0 Å². The van der Waals surface area contributed by atoms with Gasteiger partial charge in [-0.3, -0.25) is 4.79 Å². The Morgan fingerprint density at radius 1 is 1.07 bits per heavy atom. The Kier molecular flexibility index (Phi) is 5.43. The topological polar surface area (TPSA) is 51.2 Å². The number of ether oxygens (including phenoxy) is 1. The highest BCUT2D eigenvalue weighted by Crippen LogP contribution is 2.40. The number of aromatic nitrogens is 1. The molecule has 2 aromatic heterocycles. The number of carbonyl (C=O) groups excluding carboxylic acids is 1. The summed E-state index contributed by atoms with van der Waals surface area (Å²) in [6.07, 6.45) is 0. The third-order valence-electron chi connectivity index (χ3n) is 4.05. The summed E-state index contributed by atoms with van der Waals surface area (Å²) in [7, 11) is 1.64. The van der Waals surface area contributed by atoms with Gasteiger partial charge in [0.1, 0.15) is 21.5 Å². The fraction of sp³-hybridized carbons (Fsp3) is 0.0476. The molecule has 0 unspecified atom stereocenters. The van der Waals surface area contributed by atoms with Crippen LogP contribution < -0.4 is 10.1 Å². The average Bonchev–Trinajstić information content (AvgIpc) is 3.38. The number of nitrogens with one attached hydrogen (secondary N) is 1. The molecule has 2 aromatic carbocycles. The summed E-state index contributed by atoms with van der Waals surface area (Å²) in [5.41, 5.74) is 2.28. The first-order chi connectivity index (χ1) is 13.6. The normalized spacial score (nSPS) is 10.6. The van der Waals surface area contributed by atoms with Crippen molar-refractivity contribution in [3.8, 4) is 26.9 Å². The molecule has 1 N–H and O–H groups in total. The largest absolute Gasteiger partial charge is 0.497 e. The van der Waals surface area contributed by atoms with E-state index in [9.17, 15) is 4.79 Å². The maximum Gasteiger partial charge on any atom is 0.256 e. The van der Waals surface area contributed by atoms with Crippen molar-refractivity contribution in [2.24, 2.45) is 0 Å². The van der Waals surface area contributed by atoms with E-state index in [0.29, 0.717) is 15.6 Å². The molecule has 28 heavy (non-hydrogen) atoms. The van der Waals surface area contributed by atoms with Gasteiger partial charge in [-0.2, -0.15) is 0 Å². The molecule has 0 aliphatic heterocycles. The lowest BCUT2D eigenvalue weighted by atomic mass is 10.2. The average molecular weight is 427 g/mol. The first-order valence-electron chi connectivity index (χ1n) is 8.40. The molecule has 0 saturated heterocycles. The highest BCUT2D eigenvalue weighted by atomic mass is 35.5. The zero-order chi connectivity index (χ0) is 19.5. The lowest BCUT2D eigenvalue weighted by Crippen LogP contribution is -2.11. The van der Waals surface area contributed by atoms with E-state index in [1.165, 1.54) is 11.3 Å². The van der Waals surface area contributed by atoms with Gasteiger partial charge in [-0.25, -0.2) is 4.98 Å². The quantitative estimate of drug-likeness (QED) is 0.398. The fourth-order valence-corrected chi connectivity index (χ4v) is 4.51. The summed E-state index contributed by atoms with van der Waals surface area (Å²) in [4.78, 5) is 18.5. The Labute approximate surface area is 175 Å². The van der Waals surface area contributed by atoms with Crippen molar-refractivity contribution in [2.75, 3.05) is 12.4 Å². The van der Waals surface area contributed by atoms with Crippen LogP contribution in [0.2, 0.25) is 5.02 Å².